The van der Waals surface area contributed by atoms with Crippen LogP contribution in [0.2, 0.25) is 0 Å². The molecule has 4 saturated carbocycles. The van der Waals surface area contributed by atoms with Crippen molar-refractivity contribution in [1.29, 1.82) is 0 Å². The van der Waals surface area contributed by atoms with E-state index in [-0.39, 0.29) is 22.2 Å². The number of carbonyl (C=O) groups is 1. The summed E-state index contributed by atoms with van der Waals surface area (Å²) in [7, 11) is 0. The summed E-state index contributed by atoms with van der Waals surface area (Å²) in [5, 5.41) is 21.1. The molecule has 33 heavy (non-hydrogen) atoms. The maximum Gasteiger partial charge on any atom is 0.312 e. The van der Waals surface area contributed by atoms with Gasteiger partial charge in [-0.25, -0.2) is 0 Å². The van der Waals surface area contributed by atoms with Crippen molar-refractivity contribution in [2.24, 2.45) is 56.7 Å². The molecule has 5 aliphatic rings. The lowest BCUT2D eigenvalue weighted by Gasteiger charge is -2.70. The van der Waals surface area contributed by atoms with Gasteiger partial charge in [-0.05, 0) is 116 Å². The molecule has 0 unspecified atom stereocenters. The van der Waals surface area contributed by atoms with E-state index in [9.17, 15) is 15.0 Å². The third-order valence-corrected chi connectivity index (χ3v) is 13.4. The first kappa shape index (κ1) is 23.9. The molecule has 0 saturated heterocycles. The fraction of sp³-hybridized carbons (Fsp3) is 0.900. The molecule has 0 spiro atoms. The van der Waals surface area contributed by atoms with Gasteiger partial charge >= 0.3 is 5.97 Å². The number of allylic oxidation sites excluding steroid dienone is 2. The number of hydrogen-bond acceptors (Lipinski definition) is 2. The number of fused-ring (bicyclic) bond motifs is 7. The lowest BCUT2D eigenvalue weighted by Crippen LogP contribution is -2.65. The van der Waals surface area contributed by atoms with Crippen LogP contribution in [0.3, 0.4) is 0 Å². The quantitative estimate of drug-likeness (QED) is 0.436. The van der Waals surface area contributed by atoms with Gasteiger partial charge in [0.15, 0.2) is 0 Å². The van der Waals surface area contributed by atoms with Gasteiger partial charge in [-0.15, -0.1) is 0 Å². The smallest absolute Gasteiger partial charge is 0.312 e. The molecule has 2 N–H and O–H groups in total. The molecular formula is C30H48O3. The van der Waals surface area contributed by atoms with Gasteiger partial charge < -0.3 is 10.2 Å². The van der Waals surface area contributed by atoms with E-state index in [1.54, 1.807) is 5.57 Å². The van der Waals surface area contributed by atoms with Crippen LogP contribution in [0.1, 0.15) is 106 Å². The summed E-state index contributed by atoms with van der Waals surface area (Å²) < 4.78 is 0. The van der Waals surface area contributed by atoms with E-state index in [0.717, 1.165) is 43.4 Å². The van der Waals surface area contributed by atoms with E-state index in [1.165, 1.54) is 25.7 Å². The van der Waals surface area contributed by atoms with Crippen molar-refractivity contribution in [1.82, 2.24) is 0 Å². The highest BCUT2D eigenvalue weighted by atomic mass is 16.4. The lowest BCUT2D eigenvalue weighted by atomic mass is 9.34. The zero-order valence-electron chi connectivity index (χ0n) is 22.2. The Hall–Kier alpha value is -0.830. The van der Waals surface area contributed by atoms with Gasteiger partial charge in [0.2, 0.25) is 0 Å². The zero-order chi connectivity index (χ0) is 24.2. The minimum absolute atomic E-state index is 0.0265. The molecule has 3 heteroatoms. The average molecular weight is 457 g/mol. The van der Waals surface area contributed by atoms with E-state index in [1.807, 2.05) is 6.92 Å². The first-order valence-electron chi connectivity index (χ1n) is 13.9. The lowest BCUT2D eigenvalue weighted by molar-refractivity contribution is -0.215. The van der Waals surface area contributed by atoms with Crippen LogP contribution in [0.25, 0.3) is 0 Å². The summed E-state index contributed by atoms with van der Waals surface area (Å²) in [4.78, 5) is 12.5. The first-order valence-corrected chi connectivity index (χ1v) is 13.9. The van der Waals surface area contributed by atoms with Crippen molar-refractivity contribution in [3.8, 4) is 0 Å². The van der Waals surface area contributed by atoms with Gasteiger partial charge in [-0.3, -0.25) is 4.79 Å². The van der Waals surface area contributed by atoms with Crippen LogP contribution in [-0.2, 0) is 4.79 Å². The number of aliphatic hydroxyl groups excluding tert-OH is 1. The van der Waals surface area contributed by atoms with Crippen LogP contribution < -0.4 is 0 Å². The van der Waals surface area contributed by atoms with E-state index < -0.39 is 17.5 Å². The molecule has 5 rings (SSSR count). The Morgan fingerprint density at radius 3 is 2.24 bits per heavy atom. The van der Waals surface area contributed by atoms with E-state index >= 15 is 0 Å². The maximum atomic E-state index is 12.5. The van der Waals surface area contributed by atoms with Crippen LogP contribution in [0.15, 0.2) is 11.6 Å². The highest BCUT2D eigenvalue weighted by Gasteiger charge is 2.70. The minimum atomic E-state index is -1.03. The van der Waals surface area contributed by atoms with Crippen LogP contribution in [0, 0.1) is 56.7 Å². The van der Waals surface area contributed by atoms with Gasteiger partial charge in [0.1, 0.15) is 0 Å². The molecule has 10 atom stereocenters. The van der Waals surface area contributed by atoms with Gasteiger partial charge in [-0.1, -0.05) is 53.2 Å². The second-order valence-electron chi connectivity index (χ2n) is 14.4. The molecule has 0 heterocycles. The number of aliphatic carboxylic acids is 1. The van der Waals surface area contributed by atoms with E-state index in [2.05, 4.69) is 47.6 Å². The van der Waals surface area contributed by atoms with Gasteiger partial charge in [-0.2, -0.15) is 0 Å². The molecule has 0 aromatic heterocycles. The van der Waals surface area contributed by atoms with Crippen LogP contribution in [0.5, 0.6) is 0 Å². The van der Waals surface area contributed by atoms with Gasteiger partial charge in [0.25, 0.3) is 0 Å². The first-order chi connectivity index (χ1) is 15.3. The Balaban J connectivity index is 1.56. The topological polar surface area (TPSA) is 57.5 Å². The third kappa shape index (κ3) is 2.70. The zero-order valence-corrected chi connectivity index (χ0v) is 22.2. The highest BCUT2D eigenvalue weighted by Crippen LogP contribution is 2.76. The van der Waals surface area contributed by atoms with Crippen molar-refractivity contribution in [2.45, 2.75) is 112 Å². The molecule has 0 aliphatic heterocycles. The largest absolute Gasteiger partial charge is 0.481 e. The molecule has 186 valence electrons. The molecule has 0 radical (unpaired) electrons. The molecule has 0 aromatic rings. The Morgan fingerprint density at radius 2 is 1.61 bits per heavy atom. The fourth-order valence-corrected chi connectivity index (χ4v) is 11.2. The summed E-state index contributed by atoms with van der Waals surface area (Å²) in [6.45, 7) is 16.9. The van der Waals surface area contributed by atoms with Crippen molar-refractivity contribution < 1.29 is 15.0 Å². The van der Waals surface area contributed by atoms with Crippen molar-refractivity contribution >= 4 is 5.97 Å². The summed E-state index contributed by atoms with van der Waals surface area (Å²) in [5.74, 6) is 2.07. The number of carboxylic acid groups (broad SMARTS) is 1. The number of carboxylic acids is 1. The Kier molecular flexibility index (Phi) is 5.15. The monoisotopic (exact) mass is 456 g/mol. The normalized spacial score (nSPS) is 55.8. The predicted molar refractivity (Wildman–Crippen MR) is 133 cm³/mol. The number of hydrogen-bond donors (Lipinski definition) is 2. The molecule has 4 fully saturated rings. The molecule has 0 bridgehead atoms. The van der Waals surface area contributed by atoms with Crippen molar-refractivity contribution in [3.63, 3.8) is 0 Å². The molecule has 5 aliphatic carbocycles. The molecule has 0 aromatic carbocycles. The molecule has 3 nitrogen and oxygen atoms in total. The standard InChI is InChI=1S/C30H48O3/c1-18(2)19-8-9-20-21-10-11-22-27(4)14-13-24(31)30(7,25(32)33)23(27)12-15-29(22,6)28(21,5)17-16-26(19,20)3/h10,18-20,22-24,31H,8-9,11-17H2,1-7H3,(H,32,33)/t19-,20+,22-,23-,24-,26-,27-,28-,29-,30-/m1/s1. The Bertz CT molecular complexity index is 876. The Morgan fingerprint density at radius 1 is 0.909 bits per heavy atom. The van der Waals surface area contributed by atoms with Gasteiger partial charge in [0.05, 0.1) is 11.5 Å². The fourth-order valence-electron chi connectivity index (χ4n) is 11.2. The number of rotatable bonds is 2. The van der Waals surface area contributed by atoms with E-state index in [0.29, 0.717) is 17.8 Å². The van der Waals surface area contributed by atoms with Crippen LogP contribution in [0.4, 0.5) is 0 Å². The summed E-state index contributed by atoms with van der Waals surface area (Å²) in [6, 6.07) is 0. The maximum absolute atomic E-state index is 12.5. The number of aliphatic hydroxyl groups is 1. The third-order valence-electron chi connectivity index (χ3n) is 13.4. The molecular weight excluding hydrogens is 408 g/mol. The predicted octanol–water partition coefficient (Wildman–Crippen LogP) is 7.09. The van der Waals surface area contributed by atoms with Crippen LogP contribution >= 0.6 is 0 Å². The highest BCUT2D eigenvalue weighted by molar-refractivity contribution is 5.76. The second-order valence-corrected chi connectivity index (χ2v) is 14.4. The van der Waals surface area contributed by atoms with Crippen LogP contribution in [-0.4, -0.2) is 22.3 Å². The second kappa shape index (κ2) is 7.11. The van der Waals surface area contributed by atoms with E-state index in [4.69, 9.17) is 0 Å². The molecule has 0 amide bonds. The van der Waals surface area contributed by atoms with Crippen molar-refractivity contribution in [3.05, 3.63) is 11.6 Å². The minimum Gasteiger partial charge on any atom is -0.481 e. The summed E-state index contributed by atoms with van der Waals surface area (Å²) >= 11 is 0. The van der Waals surface area contributed by atoms with Crippen molar-refractivity contribution in [2.75, 3.05) is 0 Å². The average Bonchev–Trinajstić information content (AvgIpc) is 3.09. The SMILES string of the molecule is CC(C)[C@H]1CC[C@H]2C3=CC[C@@H]4[C@@]5(C)CC[C@@H](O)[C@](C)(C(=O)O)[C@@H]5CC[C@@]4(C)[C@]3(C)CC[C@]12C. The summed E-state index contributed by atoms with van der Waals surface area (Å²) in [5.41, 5.74) is 1.59. The van der Waals surface area contributed by atoms with Gasteiger partial charge in [0, 0.05) is 0 Å². The summed E-state index contributed by atoms with van der Waals surface area (Å²) in [6.07, 6.45) is 12.0. The Labute approximate surface area is 201 Å².